The standard InChI is InChI=1S/C15H15N4O/c1-18-10-7-12(8-11-18)15-17-16-14(20-15)6-5-13-4-3-9-19(13)2/h3-11H,1-2H3/q+1. The molecule has 3 aromatic rings. The fourth-order valence-electron chi connectivity index (χ4n) is 1.87. The van der Waals surface area contributed by atoms with Crippen LogP contribution in [0.2, 0.25) is 0 Å². The number of pyridine rings is 1. The highest BCUT2D eigenvalue weighted by Crippen LogP contribution is 2.17. The Balaban J connectivity index is 1.82. The van der Waals surface area contributed by atoms with E-state index in [0.29, 0.717) is 11.8 Å². The summed E-state index contributed by atoms with van der Waals surface area (Å²) >= 11 is 0. The van der Waals surface area contributed by atoms with Crippen molar-refractivity contribution in [2.24, 2.45) is 14.1 Å². The van der Waals surface area contributed by atoms with Crippen LogP contribution in [0.15, 0.2) is 47.3 Å². The number of nitrogens with zero attached hydrogens (tertiary/aromatic N) is 4. The zero-order valence-electron chi connectivity index (χ0n) is 11.4. The van der Waals surface area contributed by atoms with E-state index in [4.69, 9.17) is 4.42 Å². The third kappa shape index (κ3) is 2.51. The van der Waals surface area contributed by atoms with Crippen molar-refractivity contribution < 1.29 is 8.98 Å². The molecule has 3 aromatic heterocycles. The second-order valence-electron chi connectivity index (χ2n) is 4.58. The monoisotopic (exact) mass is 267 g/mol. The summed E-state index contributed by atoms with van der Waals surface area (Å²) in [6, 6.07) is 7.89. The fraction of sp³-hybridized carbons (Fsp3) is 0.133. The van der Waals surface area contributed by atoms with Crippen LogP contribution in [0, 0.1) is 0 Å². The van der Waals surface area contributed by atoms with Crippen molar-refractivity contribution in [3.05, 3.63) is 54.4 Å². The van der Waals surface area contributed by atoms with Gasteiger partial charge in [-0.15, -0.1) is 10.2 Å². The summed E-state index contributed by atoms with van der Waals surface area (Å²) in [5.74, 6) is 1.02. The molecule has 0 fully saturated rings. The maximum atomic E-state index is 5.62. The smallest absolute Gasteiger partial charge is 0.248 e. The second-order valence-corrected chi connectivity index (χ2v) is 4.58. The molecule has 0 N–H and O–H groups in total. The van der Waals surface area contributed by atoms with E-state index < -0.39 is 0 Å². The van der Waals surface area contributed by atoms with Crippen molar-refractivity contribution in [2.75, 3.05) is 0 Å². The zero-order chi connectivity index (χ0) is 13.9. The molecule has 0 aliphatic rings. The first kappa shape index (κ1) is 12.3. The highest BCUT2D eigenvalue weighted by Gasteiger charge is 2.07. The molecule has 0 aliphatic heterocycles. The van der Waals surface area contributed by atoms with Crippen molar-refractivity contribution in [1.82, 2.24) is 14.8 Å². The van der Waals surface area contributed by atoms with Crippen molar-refractivity contribution in [3.63, 3.8) is 0 Å². The molecular weight excluding hydrogens is 252 g/mol. The van der Waals surface area contributed by atoms with Crippen LogP contribution in [-0.4, -0.2) is 14.8 Å². The minimum atomic E-state index is 0.495. The lowest BCUT2D eigenvalue weighted by molar-refractivity contribution is -0.671. The molecule has 20 heavy (non-hydrogen) atoms. The molecule has 0 aliphatic carbocycles. The maximum Gasteiger partial charge on any atom is 0.248 e. The molecule has 0 aromatic carbocycles. The lowest BCUT2D eigenvalue weighted by atomic mass is 10.3. The van der Waals surface area contributed by atoms with Crippen LogP contribution >= 0.6 is 0 Å². The Morgan fingerprint density at radius 1 is 1.15 bits per heavy atom. The van der Waals surface area contributed by atoms with Crippen LogP contribution < -0.4 is 4.57 Å². The van der Waals surface area contributed by atoms with Gasteiger partial charge in [-0.05, 0) is 18.2 Å². The molecule has 3 rings (SSSR count). The van der Waals surface area contributed by atoms with Gasteiger partial charge in [-0.3, -0.25) is 0 Å². The van der Waals surface area contributed by atoms with Crippen molar-refractivity contribution in [3.8, 4) is 11.5 Å². The van der Waals surface area contributed by atoms with E-state index in [1.165, 1.54) is 0 Å². The second kappa shape index (κ2) is 5.13. The van der Waals surface area contributed by atoms with Gasteiger partial charge in [-0.2, -0.15) is 0 Å². The number of aryl methyl sites for hydroxylation is 2. The third-order valence-corrected chi connectivity index (χ3v) is 3.05. The van der Waals surface area contributed by atoms with Gasteiger partial charge in [0.25, 0.3) is 0 Å². The van der Waals surface area contributed by atoms with Crippen LogP contribution in [0.1, 0.15) is 11.6 Å². The molecular formula is C15H15N4O+. The first-order chi connectivity index (χ1) is 9.72. The van der Waals surface area contributed by atoms with Crippen LogP contribution in [0.5, 0.6) is 0 Å². The third-order valence-electron chi connectivity index (χ3n) is 3.05. The van der Waals surface area contributed by atoms with E-state index in [0.717, 1.165) is 11.3 Å². The molecule has 100 valence electrons. The highest BCUT2D eigenvalue weighted by molar-refractivity contribution is 5.64. The summed E-state index contributed by atoms with van der Waals surface area (Å²) < 4.78 is 9.59. The first-order valence-electron chi connectivity index (χ1n) is 6.31. The van der Waals surface area contributed by atoms with Crippen LogP contribution in [0.4, 0.5) is 0 Å². The van der Waals surface area contributed by atoms with E-state index in [9.17, 15) is 0 Å². The van der Waals surface area contributed by atoms with Crippen LogP contribution in [0.25, 0.3) is 23.6 Å². The van der Waals surface area contributed by atoms with Gasteiger partial charge in [0.1, 0.15) is 7.05 Å². The largest absolute Gasteiger partial charge is 0.417 e. The summed E-state index contributed by atoms with van der Waals surface area (Å²) in [7, 11) is 3.95. The first-order valence-corrected chi connectivity index (χ1v) is 6.31. The van der Waals surface area contributed by atoms with E-state index in [1.54, 1.807) is 0 Å². The van der Waals surface area contributed by atoms with Gasteiger partial charge < -0.3 is 8.98 Å². The average molecular weight is 267 g/mol. The molecule has 0 saturated carbocycles. The fourth-order valence-corrected chi connectivity index (χ4v) is 1.87. The van der Waals surface area contributed by atoms with Crippen molar-refractivity contribution in [2.45, 2.75) is 0 Å². The molecule has 0 atom stereocenters. The van der Waals surface area contributed by atoms with E-state index >= 15 is 0 Å². The molecule has 5 nitrogen and oxygen atoms in total. The van der Waals surface area contributed by atoms with E-state index in [-0.39, 0.29) is 0 Å². The summed E-state index contributed by atoms with van der Waals surface area (Å²) in [4.78, 5) is 0. The zero-order valence-corrected chi connectivity index (χ0v) is 11.4. The van der Waals surface area contributed by atoms with Gasteiger partial charge in [0.2, 0.25) is 11.8 Å². The van der Waals surface area contributed by atoms with Gasteiger partial charge >= 0.3 is 0 Å². The molecule has 0 bridgehead atoms. The predicted molar refractivity (Wildman–Crippen MR) is 75.3 cm³/mol. The highest BCUT2D eigenvalue weighted by atomic mass is 16.4. The topological polar surface area (TPSA) is 47.7 Å². The molecule has 0 saturated heterocycles. The number of hydrogen-bond acceptors (Lipinski definition) is 3. The molecule has 5 heteroatoms. The summed E-state index contributed by atoms with van der Waals surface area (Å²) in [6.45, 7) is 0. The summed E-state index contributed by atoms with van der Waals surface area (Å²) in [5, 5.41) is 8.08. The Morgan fingerprint density at radius 3 is 2.65 bits per heavy atom. The summed E-state index contributed by atoms with van der Waals surface area (Å²) in [6.07, 6.45) is 9.64. The number of hydrogen-bond donors (Lipinski definition) is 0. The minimum absolute atomic E-state index is 0.495. The molecule has 3 heterocycles. The van der Waals surface area contributed by atoms with Crippen LogP contribution in [-0.2, 0) is 14.1 Å². The van der Waals surface area contributed by atoms with E-state index in [2.05, 4.69) is 10.2 Å². The Kier molecular flexibility index (Phi) is 3.16. The van der Waals surface area contributed by atoms with Gasteiger partial charge in [0, 0.05) is 37.1 Å². The van der Waals surface area contributed by atoms with Gasteiger partial charge in [-0.1, -0.05) is 0 Å². The maximum absolute atomic E-state index is 5.62. The SMILES string of the molecule is Cn1cccc1/C=C/c1nnc(-c2cc[n+](C)cc2)o1. The Morgan fingerprint density at radius 2 is 1.95 bits per heavy atom. The number of aromatic nitrogens is 4. The Hall–Kier alpha value is -2.69. The molecule has 0 radical (unpaired) electrons. The molecule has 0 unspecified atom stereocenters. The molecule has 0 amide bonds. The Bertz CT molecular complexity index is 737. The van der Waals surface area contributed by atoms with Crippen molar-refractivity contribution in [1.29, 1.82) is 0 Å². The van der Waals surface area contributed by atoms with Gasteiger partial charge in [0.05, 0.1) is 5.56 Å². The predicted octanol–water partition coefficient (Wildman–Crippen LogP) is 2.07. The van der Waals surface area contributed by atoms with Gasteiger partial charge in [0.15, 0.2) is 12.4 Å². The molecule has 0 spiro atoms. The quantitative estimate of drug-likeness (QED) is 0.682. The normalized spacial score (nSPS) is 11.3. The minimum Gasteiger partial charge on any atom is -0.417 e. The van der Waals surface area contributed by atoms with Crippen LogP contribution in [0.3, 0.4) is 0 Å². The lowest BCUT2D eigenvalue weighted by Gasteiger charge is -1.94. The average Bonchev–Trinajstić information content (AvgIpc) is 3.06. The Labute approximate surface area is 116 Å². The van der Waals surface area contributed by atoms with Crippen molar-refractivity contribution >= 4 is 12.2 Å². The number of rotatable bonds is 3. The lowest BCUT2D eigenvalue weighted by Crippen LogP contribution is -2.25. The summed E-state index contributed by atoms with van der Waals surface area (Å²) in [5.41, 5.74) is 1.99. The van der Waals surface area contributed by atoms with E-state index in [1.807, 2.05) is 78.2 Å². The van der Waals surface area contributed by atoms with Gasteiger partial charge in [-0.25, -0.2) is 4.57 Å².